The van der Waals surface area contributed by atoms with Crippen molar-refractivity contribution in [2.24, 2.45) is 11.7 Å². The van der Waals surface area contributed by atoms with Gasteiger partial charge in [0.05, 0.1) is 10.9 Å². The molecule has 0 saturated heterocycles. The Morgan fingerprint density at radius 1 is 1.69 bits per heavy atom. The molecule has 0 aliphatic rings. The molecule has 88 valence electrons. The summed E-state index contributed by atoms with van der Waals surface area (Å²) >= 11 is 6.50. The summed E-state index contributed by atoms with van der Waals surface area (Å²) in [6.45, 7) is 2.54. The van der Waals surface area contributed by atoms with Gasteiger partial charge in [0.1, 0.15) is 0 Å². The fourth-order valence-electron chi connectivity index (χ4n) is 1.40. The zero-order valence-electron chi connectivity index (χ0n) is 9.23. The summed E-state index contributed by atoms with van der Waals surface area (Å²) in [5.74, 6) is -0.400. The Balaban J connectivity index is 2.32. The Kier molecular flexibility index (Phi) is 5.42. The minimum absolute atomic E-state index is 0.0646. The number of carbonyl (C=O) groups excluding carboxylic acids is 1. The second kappa shape index (κ2) is 6.60. The molecule has 1 aromatic heterocycles. The molecule has 0 fully saturated rings. The van der Waals surface area contributed by atoms with Crippen molar-refractivity contribution in [1.82, 2.24) is 5.32 Å². The molecular weight excluding hydrogens is 240 g/mol. The highest BCUT2D eigenvalue weighted by atomic mass is 32.1. The third-order valence-electron chi connectivity index (χ3n) is 2.36. The van der Waals surface area contributed by atoms with Crippen LogP contribution < -0.4 is 11.1 Å². The Hall–Kier alpha value is -0.940. The first-order valence-electron chi connectivity index (χ1n) is 5.23. The van der Waals surface area contributed by atoms with Crippen LogP contribution in [0.1, 0.15) is 18.9 Å². The van der Waals surface area contributed by atoms with E-state index in [0.717, 1.165) is 6.42 Å². The van der Waals surface area contributed by atoms with Gasteiger partial charge in [-0.3, -0.25) is 4.79 Å². The minimum atomic E-state index is -0.336. The van der Waals surface area contributed by atoms with Crippen molar-refractivity contribution in [3.63, 3.8) is 0 Å². The van der Waals surface area contributed by atoms with Gasteiger partial charge in [-0.1, -0.05) is 19.1 Å². The lowest BCUT2D eigenvalue weighted by atomic mass is 10.1. The van der Waals surface area contributed by atoms with Crippen LogP contribution in [0.4, 0.5) is 0 Å². The normalized spacial score (nSPS) is 12.1. The molecule has 0 bridgehead atoms. The topological polar surface area (TPSA) is 55.1 Å². The van der Waals surface area contributed by atoms with Gasteiger partial charge < -0.3 is 11.1 Å². The number of nitrogens with two attached hydrogens (primary N) is 1. The Bertz CT molecular complexity index is 349. The smallest absolute Gasteiger partial charge is 0.229 e. The predicted molar refractivity (Wildman–Crippen MR) is 71.6 cm³/mol. The molecule has 1 aromatic rings. The molecule has 0 aliphatic carbocycles. The Labute approximate surface area is 105 Å². The van der Waals surface area contributed by atoms with Crippen LogP contribution >= 0.6 is 23.6 Å². The molecule has 1 amide bonds. The maximum absolute atomic E-state index is 11.7. The van der Waals surface area contributed by atoms with Gasteiger partial charge in [0.25, 0.3) is 0 Å². The van der Waals surface area contributed by atoms with Gasteiger partial charge in [-0.2, -0.15) is 11.3 Å². The molecule has 0 saturated carbocycles. The molecular formula is C11H16N2OS2. The van der Waals surface area contributed by atoms with Crippen LogP contribution in [0.25, 0.3) is 0 Å². The number of hydrogen-bond acceptors (Lipinski definition) is 3. The van der Waals surface area contributed by atoms with Gasteiger partial charge in [-0.25, -0.2) is 0 Å². The predicted octanol–water partition coefficient (Wildman–Crippen LogP) is 1.72. The van der Waals surface area contributed by atoms with Crippen LogP contribution in [-0.2, 0) is 11.2 Å². The maximum atomic E-state index is 11.7. The van der Waals surface area contributed by atoms with Gasteiger partial charge in [0.15, 0.2) is 0 Å². The van der Waals surface area contributed by atoms with Gasteiger partial charge in [-0.15, -0.1) is 0 Å². The van der Waals surface area contributed by atoms with E-state index in [1.807, 2.05) is 12.3 Å². The second-order valence-electron chi connectivity index (χ2n) is 3.54. The monoisotopic (exact) mass is 256 g/mol. The summed E-state index contributed by atoms with van der Waals surface area (Å²) in [5.41, 5.74) is 6.73. The van der Waals surface area contributed by atoms with Crippen LogP contribution in [0.2, 0.25) is 0 Å². The number of nitrogens with one attached hydrogen (secondary N) is 1. The highest BCUT2D eigenvalue weighted by Gasteiger charge is 2.18. The lowest BCUT2D eigenvalue weighted by Gasteiger charge is -2.12. The standard InChI is InChI=1S/C11H16N2OS2/c1-2-9(10(12)15)11(14)13-5-3-8-4-6-16-7-8/h4,6-7,9H,2-3,5H2,1H3,(H2,12,15)(H,13,14). The van der Waals surface area contributed by atoms with Crippen LogP contribution in [-0.4, -0.2) is 17.4 Å². The third kappa shape index (κ3) is 3.90. The van der Waals surface area contributed by atoms with E-state index in [2.05, 4.69) is 16.8 Å². The largest absolute Gasteiger partial charge is 0.393 e. The summed E-state index contributed by atoms with van der Waals surface area (Å²) in [6.07, 6.45) is 1.50. The van der Waals surface area contributed by atoms with E-state index < -0.39 is 0 Å². The van der Waals surface area contributed by atoms with Crippen LogP contribution in [0.15, 0.2) is 16.8 Å². The van der Waals surface area contributed by atoms with Gasteiger partial charge in [-0.05, 0) is 35.2 Å². The van der Waals surface area contributed by atoms with Crippen molar-refractivity contribution in [2.75, 3.05) is 6.54 Å². The molecule has 0 radical (unpaired) electrons. The molecule has 0 aromatic carbocycles. The average Bonchev–Trinajstić information content (AvgIpc) is 2.71. The molecule has 5 heteroatoms. The molecule has 1 unspecified atom stereocenters. The number of thiophene rings is 1. The Morgan fingerprint density at radius 2 is 2.44 bits per heavy atom. The first-order chi connectivity index (χ1) is 7.65. The molecule has 3 nitrogen and oxygen atoms in total. The van der Waals surface area contributed by atoms with Crippen LogP contribution in [0, 0.1) is 5.92 Å². The summed E-state index contributed by atoms with van der Waals surface area (Å²) < 4.78 is 0. The van der Waals surface area contributed by atoms with Crippen LogP contribution in [0.3, 0.4) is 0 Å². The van der Waals surface area contributed by atoms with Gasteiger partial charge in [0.2, 0.25) is 5.91 Å². The van der Waals surface area contributed by atoms with E-state index in [1.165, 1.54) is 5.56 Å². The highest BCUT2D eigenvalue weighted by Crippen LogP contribution is 2.06. The summed E-state index contributed by atoms with van der Waals surface area (Å²) in [4.78, 5) is 11.9. The van der Waals surface area contributed by atoms with Crippen molar-refractivity contribution >= 4 is 34.5 Å². The van der Waals surface area contributed by atoms with E-state index in [1.54, 1.807) is 11.3 Å². The van der Waals surface area contributed by atoms with Crippen molar-refractivity contribution in [1.29, 1.82) is 0 Å². The van der Waals surface area contributed by atoms with E-state index in [9.17, 15) is 4.79 Å². The van der Waals surface area contributed by atoms with Crippen molar-refractivity contribution < 1.29 is 4.79 Å². The van der Waals surface area contributed by atoms with Gasteiger partial charge in [0, 0.05) is 6.54 Å². The summed E-state index contributed by atoms with van der Waals surface area (Å²) in [6, 6.07) is 2.06. The molecule has 0 spiro atoms. The zero-order chi connectivity index (χ0) is 12.0. The second-order valence-corrected chi connectivity index (χ2v) is 4.79. The molecule has 3 N–H and O–H groups in total. The van der Waals surface area contributed by atoms with E-state index in [-0.39, 0.29) is 16.8 Å². The number of amides is 1. The highest BCUT2D eigenvalue weighted by molar-refractivity contribution is 7.80. The van der Waals surface area contributed by atoms with E-state index >= 15 is 0 Å². The van der Waals surface area contributed by atoms with Crippen LogP contribution in [0.5, 0.6) is 0 Å². The number of carbonyl (C=O) groups is 1. The summed E-state index contributed by atoms with van der Waals surface area (Å²) in [5, 5.41) is 6.96. The number of rotatable bonds is 6. The van der Waals surface area contributed by atoms with E-state index in [4.69, 9.17) is 18.0 Å². The molecule has 16 heavy (non-hydrogen) atoms. The molecule has 0 aliphatic heterocycles. The molecule has 1 heterocycles. The average molecular weight is 256 g/mol. The maximum Gasteiger partial charge on any atom is 0.229 e. The van der Waals surface area contributed by atoms with E-state index in [0.29, 0.717) is 13.0 Å². The zero-order valence-corrected chi connectivity index (χ0v) is 10.9. The first kappa shape index (κ1) is 13.1. The Morgan fingerprint density at radius 3 is 2.94 bits per heavy atom. The van der Waals surface area contributed by atoms with Crippen molar-refractivity contribution in [2.45, 2.75) is 19.8 Å². The first-order valence-corrected chi connectivity index (χ1v) is 6.58. The minimum Gasteiger partial charge on any atom is -0.393 e. The third-order valence-corrected chi connectivity index (χ3v) is 3.38. The summed E-state index contributed by atoms with van der Waals surface area (Å²) in [7, 11) is 0. The fraction of sp³-hybridized carbons (Fsp3) is 0.455. The molecule has 1 atom stereocenters. The number of hydrogen-bond donors (Lipinski definition) is 2. The van der Waals surface area contributed by atoms with Crippen molar-refractivity contribution in [3.8, 4) is 0 Å². The van der Waals surface area contributed by atoms with Crippen molar-refractivity contribution in [3.05, 3.63) is 22.4 Å². The molecule has 1 rings (SSSR count). The van der Waals surface area contributed by atoms with Gasteiger partial charge >= 0.3 is 0 Å². The lowest BCUT2D eigenvalue weighted by Crippen LogP contribution is -2.38. The fourth-order valence-corrected chi connectivity index (χ4v) is 2.38. The SMILES string of the molecule is CCC(C(=O)NCCc1ccsc1)C(N)=S. The lowest BCUT2D eigenvalue weighted by molar-refractivity contribution is -0.123. The quantitative estimate of drug-likeness (QED) is 0.762. The number of thiocarbonyl (C=S) groups is 1.